The molecule has 29 heavy (non-hydrogen) atoms. The predicted molar refractivity (Wildman–Crippen MR) is 109 cm³/mol. The maximum absolute atomic E-state index is 12.9. The van der Waals surface area contributed by atoms with Crippen molar-refractivity contribution < 1.29 is 14.4 Å². The fourth-order valence-electron chi connectivity index (χ4n) is 5.03. The van der Waals surface area contributed by atoms with Crippen LogP contribution in [0.4, 0.5) is 0 Å². The Balaban J connectivity index is 1.39. The highest BCUT2D eigenvalue weighted by Crippen LogP contribution is 2.30. The molecule has 1 aromatic rings. The van der Waals surface area contributed by atoms with Crippen molar-refractivity contribution in [3.05, 3.63) is 34.9 Å². The lowest BCUT2D eigenvalue weighted by Gasteiger charge is -2.29. The van der Waals surface area contributed by atoms with Gasteiger partial charge in [-0.15, -0.1) is 0 Å². The second kappa shape index (κ2) is 8.63. The SMILES string of the molecule is NC[C@@H]1CCC[C@H](CNCc2cccc3c2CN(C2CCC(=O)NC2=O)C3=O)C1. The zero-order valence-corrected chi connectivity index (χ0v) is 16.8. The van der Waals surface area contributed by atoms with E-state index in [0.717, 1.165) is 24.2 Å². The summed E-state index contributed by atoms with van der Waals surface area (Å²) >= 11 is 0. The largest absolute Gasteiger partial charge is 0.330 e. The minimum Gasteiger partial charge on any atom is -0.330 e. The topological polar surface area (TPSA) is 105 Å². The lowest BCUT2D eigenvalue weighted by molar-refractivity contribution is -0.136. The van der Waals surface area contributed by atoms with Crippen molar-refractivity contribution in [1.29, 1.82) is 0 Å². The fraction of sp³-hybridized carbons (Fsp3) is 0.591. The van der Waals surface area contributed by atoms with Crippen LogP contribution in [0.3, 0.4) is 0 Å². The van der Waals surface area contributed by atoms with E-state index < -0.39 is 6.04 Å². The van der Waals surface area contributed by atoms with Gasteiger partial charge in [-0.3, -0.25) is 19.7 Å². The van der Waals surface area contributed by atoms with E-state index in [9.17, 15) is 14.4 Å². The van der Waals surface area contributed by atoms with Crippen LogP contribution in [0.5, 0.6) is 0 Å². The Kier molecular flexibility index (Phi) is 5.96. The first-order valence-corrected chi connectivity index (χ1v) is 10.7. The molecule has 0 spiro atoms. The van der Waals surface area contributed by atoms with Gasteiger partial charge in [0, 0.05) is 25.1 Å². The average Bonchev–Trinajstić information content (AvgIpc) is 3.06. The summed E-state index contributed by atoms with van der Waals surface area (Å²) in [5, 5.41) is 5.93. The summed E-state index contributed by atoms with van der Waals surface area (Å²) in [5.41, 5.74) is 8.63. The highest BCUT2D eigenvalue weighted by molar-refractivity contribution is 6.05. The van der Waals surface area contributed by atoms with Gasteiger partial charge in [0.25, 0.3) is 5.91 Å². The van der Waals surface area contributed by atoms with E-state index in [2.05, 4.69) is 16.7 Å². The number of piperidine rings is 1. The summed E-state index contributed by atoms with van der Waals surface area (Å²) in [6.45, 7) is 2.88. The molecule has 0 aromatic heterocycles. The molecule has 1 aromatic carbocycles. The molecule has 0 radical (unpaired) electrons. The van der Waals surface area contributed by atoms with Crippen LogP contribution in [0.1, 0.15) is 60.0 Å². The van der Waals surface area contributed by atoms with Gasteiger partial charge in [0.05, 0.1) is 0 Å². The molecule has 1 saturated heterocycles. The number of hydrogen-bond donors (Lipinski definition) is 3. The van der Waals surface area contributed by atoms with Crippen LogP contribution in [0.15, 0.2) is 18.2 Å². The Bertz CT molecular complexity index is 809. The monoisotopic (exact) mass is 398 g/mol. The second-order valence-corrected chi connectivity index (χ2v) is 8.61. The first kappa shape index (κ1) is 20.0. The van der Waals surface area contributed by atoms with E-state index in [1.165, 1.54) is 25.7 Å². The van der Waals surface area contributed by atoms with Crippen molar-refractivity contribution in [3.8, 4) is 0 Å². The Morgan fingerprint density at radius 2 is 1.97 bits per heavy atom. The molecule has 7 nitrogen and oxygen atoms in total. The molecule has 156 valence electrons. The number of rotatable bonds is 6. The number of amides is 3. The number of carbonyl (C=O) groups is 3. The van der Waals surface area contributed by atoms with Crippen LogP contribution in [-0.2, 0) is 22.7 Å². The molecule has 3 atom stereocenters. The van der Waals surface area contributed by atoms with Gasteiger partial charge < -0.3 is 16.0 Å². The van der Waals surface area contributed by atoms with Crippen molar-refractivity contribution in [2.75, 3.05) is 13.1 Å². The Morgan fingerprint density at radius 3 is 2.76 bits per heavy atom. The molecule has 1 aliphatic carbocycles. The Morgan fingerprint density at radius 1 is 1.14 bits per heavy atom. The van der Waals surface area contributed by atoms with Crippen LogP contribution in [0.2, 0.25) is 0 Å². The summed E-state index contributed by atoms with van der Waals surface area (Å²) in [5.74, 6) is 0.565. The second-order valence-electron chi connectivity index (χ2n) is 8.61. The highest BCUT2D eigenvalue weighted by Gasteiger charge is 2.39. The van der Waals surface area contributed by atoms with E-state index in [-0.39, 0.29) is 24.1 Å². The molecule has 3 aliphatic rings. The van der Waals surface area contributed by atoms with Crippen LogP contribution in [0.25, 0.3) is 0 Å². The lowest BCUT2D eigenvalue weighted by Crippen LogP contribution is -2.52. The zero-order valence-electron chi connectivity index (χ0n) is 16.8. The first-order valence-electron chi connectivity index (χ1n) is 10.7. The van der Waals surface area contributed by atoms with E-state index >= 15 is 0 Å². The number of imide groups is 1. The standard InChI is InChI=1S/C22H30N4O3/c23-10-14-3-1-4-15(9-14)11-24-12-16-5-2-6-17-18(16)13-26(22(17)29)19-7-8-20(27)25-21(19)28/h2,5-6,14-15,19,24H,1,3-4,7-13,23H2,(H,25,27,28)/t14-,15+,19?/m1/s1. The Labute approximate surface area is 171 Å². The number of nitrogens with zero attached hydrogens (tertiary/aromatic N) is 1. The summed E-state index contributed by atoms with van der Waals surface area (Å²) in [6, 6.07) is 5.23. The number of nitrogens with one attached hydrogen (secondary N) is 2. The molecule has 4 rings (SSSR count). The van der Waals surface area contributed by atoms with Gasteiger partial charge in [-0.25, -0.2) is 0 Å². The van der Waals surface area contributed by atoms with Crippen molar-refractivity contribution in [2.45, 2.75) is 57.7 Å². The number of carbonyl (C=O) groups excluding carboxylic acids is 3. The van der Waals surface area contributed by atoms with Crippen molar-refractivity contribution in [3.63, 3.8) is 0 Å². The summed E-state index contributed by atoms with van der Waals surface area (Å²) in [6.07, 6.45) is 5.61. The predicted octanol–water partition coefficient (Wildman–Crippen LogP) is 1.30. The molecule has 2 aliphatic heterocycles. The third kappa shape index (κ3) is 4.21. The molecule has 0 bridgehead atoms. The van der Waals surface area contributed by atoms with Crippen LogP contribution >= 0.6 is 0 Å². The van der Waals surface area contributed by atoms with Crippen molar-refractivity contribution in [1.82, 2.24) is 15.5 Å². The normalized spacial score (nSPS) is 27.1. The molecule has 2 heterocycles. The first-order chi connectivity index (χ1) is 14.1. The van der Waals surface area contributed by atoms with E-state index in [4.69, 9.17) is 5.73 Å². The van der Waals surface area contributed by atoms with E-state index in [1.54, 1.807) is 4.90 Å². The van der Waals surface area contributed by atoms with Crippen LogP contribution < -0.4 is 16.4 Å². The quantitative estimate of drug-likeness (QED) is 0.627. The maximum Gasteiger partial charge on any atom is 0.255 e. The smallest absolute Gasteiger partial charge is 0.255 e. The molecule has 7 heteroatoms. The highest BCUT2D eigenvalue weighted by atomic mass is 16.2. The zero-order chi connectivity index (χ0) is 20.4. The van der Waals surface area contributed by atoms with Gasteiger partial charge in [-0.05, 0) is 67.8 Å². The van der Waals surface area contributed by atoms with Crippen molar-refractivity contribution >= 4 is 17.7 Å². The molecule has 3 amide bonds. The summed E-state index contributed by atoms with van der Waals surface area (Å²) in [7, 11) is 0. The molecule has 1 saturated carbocycles. The minimum atomic E-state index is -0.566. The average molecular weight is 399 g/mol. The molecule has 2 fully saturated rings. The van der Waals surface area contributed by atoms with Crippen molar-refractivity contribution in [2.24, 2.45) is 17.6 Å². The number of fused-ring (bicyclic) bond motifs is 1. The van der Waals surface area contributed by atoms with Gasteiger partial charge in [0.1, 0.15) is 6.04 Å². The van der Waals surface area contributed by atoms with Gasteiger partial charge in [-0.1, -0.05) is 18.6 Å². The van der Waals surface area contributed by atoms with Gasteiger partial charge >= 0.3 is 0 Å². The lowest BCUT2D eigenvalue weighted by atomic mass is 9.81. The summed E-state index contributed by atoms with van der Waals surface area (Å²) in [4.78, 5) is 38.2. The maximum atomic E-state index is 12.9. The van der Waals surface area contributed by atoms with Crippen LogP contribution in [-0.4, -0.2) is 41.8 Å². The van der Waals surface area contributed by atoms with Gasteiger partial charge in [0.2, 0.25) is 11.8 Å². The number of nitrogens with two attached hydrogens (primary N) is 1. The third-order valence-electron chi connectivity index (χ3n) is 6.65. The molecular formula is C22H30N4O3. The molecule has 4 N–H and O–H groups in total. The molecular weight excluding hydrogens is 368 g/mol. The fourth-order valence-corrected chi connectivity index (χ4v) is 5.03. The minimum absolute atomic E-state index is 0.116. The van der Waals surface area contributed by atoms with Gasteiger partial charge in [-0.2, -0.15) is 0 Å². The van der Waals surface area contributed by atoms with E-state index in [0.29, 0.717) is 36.9 Å². The number of benzene rings is 1. The Hall–Kier alpha value is -2.25. The third-order valence-corrected chi connectivity index (χ3v) is 6.65. The molecule has 1 unspecified atom stereocenters. The van der Waals surface area contributed by atoms with Gasteiger partial charge in [0.15, 0.2) is 0 Å². The van der Waals surface area contributed by atoms with Crippen LogP contribution in [0, 0.1) is 11.8 Å². The van der Waals surface area contributed by atoms with E-state index in [1.807, 2.05) is 12.1 Å². The number of hydrogen-bond acceptors (Lipinski definition) is 5. The summed E-state index contributed by atoms with van der Waals surface area (Å²) < 4.78 is 0.